The molecule has 1 aromatic heterocycles. The maximum atomic E-state index is 12.9. The molecule has 35 heavy (non-hydrogen) atoms. The maximum absolute atomic E-state index is 12.9. The second-order valence-electron chi connectivity index (χ2n) is 8.51. The van der Waals surface area contributed by atoms with Crippen molar-refractivity contribution in [3.63, 3.8) is 0 Å². The van der Waals surface area contributed by atoms with Gasteiger partial charge in [0, 0.05) is 15.8 Å². The van der Waals surface area contributed by atoms with Crippen LogP contribution in [0.15, 0.2) is 41.6 Å². The van der Waals surface area contributed by atoms with Crippen molar-refractivity contribution in [1.29, 1.82) is 0 Å². The van der Waals surface area contributed by atoms with Crippen molar-refractivity contribution in [2.24, 2.45) is 5.92 Å². The van der Waals surface area contributed by atoms with Crippen LogP contribution in [0.3, 0.4) is 0 Å². The van der Waals surface area contributed by atoms with Crippen LogP contribution in [-0.2, 0) is 11.3 Å². The van der Waals surface area contributed by atoms with Gasteiger partial charge in [0.1, 0.15) is 0 Å². The Labute approximate surface area is 228 Å². The van der Waals surface area contributed by atoms with Gasteiger partial charge in [-0.3, -0.25) is 9.59 Å². The second kappa shape index (κ2) is 12.2. The Morgan fingerprint density at radius 2 is 1.80 bits per heavy atom. The molecule has 7 nitrogen and oxygen atoms in total. The first-order valence-electron chi connectivity index (χ1n) is 11.3. The molecule has 0 fully saturated rings. The largest absolute Gasteiger partial charge is 0.342 e. The molecular weight excluding hydrogens is 597 g/mol. The number of thioether (sulfide) groups is 1. The average Bonchev–Trinajstić information content (AvgIpc) is 3.20. The van der Waals surface area contributed by atoms with Crippen LogP contribution in [0.1, 0.15) is 54.1 Å². The highest BCUT2D eigenvalue weighted by Gasteiger charge is 2.27. The molecule has 2 amide bonds. The van der Waals surface area contributed by atoms with Gasteiger partial charge in [-0.25, -0.2) is 0 Å². The molecule has 10 heteroatoms. The Morgan fingerprint density at radius 1 is 1.14 bits per heavy atom. The third-order valence-corrected chi connectivity index (χ3v) is 7.43. The fourth-order valence-corrected chi connectivity index (χ4v) is 5.71. The molecule has 0 unspecified atom stereocenters. The Hall–Kier alpha value is -2.11. The summed E-state index contributed by atoms with van der Waals surface area (Å²) < 4.78 is 3.08. The Bertz CT molecular complexity index is 1210. The van der Waals surface area contributed by atoms with Crippen molar-refractivity contribution in [2.75, 3.05) is 11.1 Å². The lowest BCUT2D eigenvalue weighted by atomic mass is 10.0. The summed E-state index contributed by atoms with van der Waals surface area (Å²) in [5.74, 6) is 0.527. The van der Waals surface area contributed by atoms with Gasteiger partial charge in [-0.1, -0.05) is 49.3 Å². The quantitative estimate of drug-likeness (QED) is 0.224. The lowest BCUT2D eigenvalue weighted by Crippen LogP contribution is -2.34. The van der Waals surface area contributed by atoms with Gasteiger partial charge in [-0.2, -0.15) is 0 Å². The van der Waals surface area contributed by atoms with Gasteiger partial charge in [0.15, 0.2) is 11.0 Å². The highest BCUT2D eigenvalue weighted by Crippen LogP contribution is 2.27. The molecule has 1 heterocycles. The van der Waals surface area contributed by atoms with E-state index in [1.165, 1.54) is 11.8 Å². The number of anilines is 1. The number of benzene rings is 2. The van der Waals surface area contributed by atoms with E-state index in [0.29, 0.717) is 28.1 Å². The summed E-state index contributed by atoms with van der Waals surface area (Å²) in [5.41, 5.74) is 3.31. The molecule has 2 aromatic carbocycles. The number of hydrogen-bond acceptors (Lipinski definition) is 5. The number of carbonyl (C=O) groups is 2. The normalized spacial score (nSPS) is 12.0. The van der Waals surface area contributed by atoms with Crippen LogP contribution in [0.5, 0.6) is 0 Å². The lowest BCUT2D eigenvalue weighted by Gasteiger charge is -2.22. The van der Waals surface area contributed by atoms with Crippen LogP contribution < -0.4 is 10.6 Å². The number of nitrogens with zero attached hydrogens (tertiary/aromatic N) is 3. The van der Waals surface area contributed by atoms with Gasteiger partial charge in [0.25, 0.3) is 5.91 Å². The number of nitrogens with one attached hydrogen (secondary N) is 2. The van der Waals surface area contributed by atoms with E-state index >= 15 is 0 Å². The third kappa shape index (κ3) is 6.77. The molecule has 1 atom stereocenters. The van der Waals surface area contributed by atoms with Crippen LogP contribution >= 0.6 is 46.0 Å². The molecule has 3 rings (SSSR count). The molecular formula is C25H29ClIN5O2S. The van der Waals surface area contributed by atoms with Crippen LogP contribution in [0, 0.1) is 23.3 Å². The predicted molar refractivity (Wildman–Crippen MR) is 150 cm³/mol. The Kier molecular flexibility index (Phi) is 9.60. The van der Waals surface area contributed by atoms with E-state index in [-0.39, 0.29) is 29.5 Å². The van der Waals surface area contributed by atoms with E-state index in [4.69, 9.17) is 11.6 Å². The van der Waals surface area contributed by atoms with Crippen LogP contribution in [0.25, 0.3) is 0 Å². The highest BCUT2D eigenvalue weighted by molar-refractivity contribution is 14.1. The first kappa shape index (κ1) is 27.5. The zero-order chi connectivity index (χ0) is 25.7. The molecule has 0 bridgehead atoms. The molecule has 0 saturated heterocycles. The molecule has 2 N–H and O–H groups in total. The topological polar surface area (TPSA) is 88.9 Å². The van der Waals surface area contributed by atoms with E-state index in [2.05, 4.69) is 43.4 Å². The highest BCUT2D eigenvalue weighted by atomic mass is 127. The number of rotatable bonds is 9. The fourth-order valence-electron chi connectivity index (χ4n) is 3.74. The standard InChI is InChI=1S/C25H29ClIN5O2S/c1-6-32-23(21(14(2)3)29-24(34)18-9-7-8-10-19(18)26)30-31-25(32)35-13-20(33)28-22-15(4)11-17(27)12-16(22)5/h7-12,14,21H,6,13H2,1-5H3,(H,28,33)(H,29,34)/t21-/m0/s1. The predicted octanol–water partition coefficient (Wildman–Crippen LogP) is 6.03. The van der Waals surface area contributed by atoms with E-state index in [9.17, 15) is 9.59 Å². The van der Waals surface area contributed by atoms with Gasteiger partial charge in [-0.05, 0) is 84.7 Å². The monoisotopic (exact) mass is 625 g/mol. The van der Waals surface area contributed by atoms with Crippen molar-refractivity contribution in [3.05, 3.63) is 67.5 Å². The molecule has 0 radical (unpaired) electrons. The number of aryl methyl sites for hydroxylation is 2. The molecule has 0 aliphatic heterocycles. The molecule has 0 saturated carbocycles. The van der Waals surface area contributed by atoms with Gasteiger partial charge >= 0.3 is 0 Å². The smallest absolute Gasteiger partial charge is 0.253 e. The number of carbonyl (C=O) groups excluding carboxylic acids is 2. The van der Waals surface area contributed by atoms with Gasteiger partial charge in [0.05, 0.1) is 22.4 Å². The minimum Gasteiger partial charge on any atom is -0.342 e. The first-order valence-corrected chi connectivity index (χ1v) is 13.7. The van der Waals surface area contributed by atoms with E-state index in [1.807, 2.05) is 51.3 Å². The number of amides is 2. The summed E-state index contributed by atoms with van der Waals surface area (Å²) in [4.78, 5) is 25.6. The van der Waals surface area contributed by atoms with Crippen LogP contribution in [0.2, 0.25) is 5.02 Å². The van der Waals surface area contributed by atoms with E-state index < -0.39 is 0 Å². The number of aromatic nitrogens is 3. The Morgan fingerprint density at radius 3 is 2.40 bits per heavy atom. The van der Waals surface area contributed by atoms with Crippen molar-refractivity contribution in [2.45, 2.75) is 52.4 Å². The minimum atomic E-state index is -0.369. The summed E-state index contributed by atoms with van der Waals surface area (Å²) in [6.45, 7) is 10.6. The Balaban J connectivity index is 1.74. The van der Waals surface area contributed by atoms with Gasteiger partial charge in [-0.15, -0.1) is 10.2 Å². The third-order valence-electron chi connectivity index (χ3n) is 5.51. The summed E-state index contributed by atoms with van der Waals surface area (Å²) in [5, 5.41) is 15.8. The minimum absolute atomic E-state index is 0.0592. The van der Waals surface area contributed by atoms with Crippen molar-refractivity contribution >= 4 is 63.5 Å². The number of halogens is 2. The molecule has 0 aliphatic carbocycles. The summed E-state index contributed by atoms with van der Waals surface area (Å²) in [7, 11) is 0. The van der Waals surface area contributed by atoms with Crippen molar-refractivity contribution in [1.82, 2.24) is 20.1 Å². The zero-order valence-electron chi connectivity index (χ0n) is 20.4. The van der Waals surface area contributed by atoms with E-state index in [1.54, 1.807) is 24.3 Å². The second-order valence-corrected chi connectivity index (χ2v) is 11.1. The molecule has 186 valence electrons. The maximum Gasteiger partial charge on any atom is 0.253 e. The lowest BCUT2D eigenvalue weighted by molar-refractivity contribution is -0.113. The zero-order valence-corrected chi connectivity index (χ0v) is 24.1. The fraction of sp³-hybridized carbons (Fsp3) is 0.360. The van der Waals surface area contributed by atoms with Crippen LogP contribution in [-0.4, -0.2) is 32.3 Å². The first-order chi connectivity index (χ1) is 16.6. The number of hydrogen-bond donors (Lipinski definition) is 2. The summed E-state index contributed by atoms with van der Waals surface area (Å²) in [6, 6.07) is 10.7. The summed E-state index contributed by atoms with van der Waals surface area (Å²) >= 11 is 9.80. The molecule has 0 spiro atoms. The van der Waals surface area contributed by atoms with Crippen LogP contribution in [0.4, 0.5) is 5.69 Å². The SMILES string of the molecule is CCn1c(SCC(=O)Nc2c(C)cc(I)cc2C)nnc1[C@@H](NC(=O)c1ccccc1Cl)C(C)C. The average molecular weight is 626 g/mol. The molecule has 3 aromatic rings. The van der Waals surface area contributed by atoms with Gasteiger partial charge < -0.3 is 15.2 Å². The summed E-state index contributed by atoms with van der Waals surface area (Å²) in [6.07, 6.45) is 0. The van der Waals surface area contributed by atoms with Crippen molar-refractivity contribution < 1.29 is 9.59 Å². The van der Waals surface area contributed by atoms with E-state index in [0.717, 1.165) is 20.4 Å². The molecule has 0 aliphatic rings. The van der Waals surface area contributed by atoms with Gasteiger partial charge in [0.2, 0.25) is 5.91 Å². The van der Waals surface area contributed by atoms with Crippen molar-refractivity contribution in [3.8, 4) is 0 Å².